The number of nitrogens with zero attached hydrogens (tertiary/aromatic N) is 3. The van der Waals surface area contributed by atoms with Crippen molar-refractivity contribution < 1.29 is 14.4 Å². The standard InChI is InChI=1S/C12H17N3O4/c1-9-5-11(15(16)17)12(13-6-9)19-8-10-7-14(2)3-4-18-10/h5-6,10H,3-4,7-8H2,1-2H3. The molecule has 0 radical (unpaired) electrons. The molecule has 2 heterocycles. The van der Waals surface area contributed by atoms with Crippen molar-refractivity contribution in [3.8, 4) is 5.88 Å². The Morgan fingerprint density at radius 3 is 3.16 bits per heavy atom. The van der Waals surface area contributed by atoms with Gasteiger partial charge in [0.05, 0.1) is 11.5 Å². The van der Waals surface area contributed by atoms with Crippen molar-refractivity contribution in [2.24, 2.45) is 0 Å². The topological polar surface area (TPSA) is 77.7 Å². The second-order valence-electron chi connectivity index (χ2n) is 4.66. The van der Waals surface area contributed by atoms with Crippen molar-refractivity contribution in [1.29, 1.82) is 0 Å². The first-order chi connectivity index (χ1) is 9.06. The molecule has 0 bridgehead atoms. The molecule has 7 heteroatoms. The maximum Gasteiger partial charge on any atom is 0.331 e. The molecule has 1 aliphatic heterocycles. The maximum absolute atomic E-state index is 10.9. The Bertz CT molecular complexity index is 466. The van der Waals surface area contributed by atoms with Crippen molar-refractivity contribution >= 4 is 5.69 Å². The van der Waals surface area contributed by atoms with E-state index in [0.717, 1.165) is 18.7 Å². The number of nitro groups is 1. The number of hydrogen-bond donors (Lipinski definition) is 0. The third-order valence-electron chi connectivity index (χ3n) is 2.91. The number of pyridine rings is 1. The van der Waals surface area contributed by atoms with Crippen LogP contribution >= 0.6 is 0 Å². The Kier molecular flexibility index (Phi) is 4.28. The van der Waals surface area contributed by atoms with Gasteiger partial charge in [-0.1, -0.05) is 0 Å². The van der Waals surface area contributed by atoms with E-state index in [1.54, 1.807) is 13.1 Å². The first kappa shape index (κ1) is 13.7. The van der Waals surface area contributed by atoms with Crippen molar-refractivity contribution in [2.75, 3.05) is 33.4 Å². The predicted molar refractivity (Wildman–Crippen MR) is 68.4 cm³/mol. The van der Waals surface area contributed by atoms with Gasteiger partial charge in [0, 0.05) is 25.4 Å². The van der Waals surface area contributed by atoms with E-state index in [9.17, 15) is 10.1 Å². The summed E-state index contributed by atoms with van der Waals surface area (Å²) in [5, 5.41) is 10.9. The Balaban J connectivity index is 2.01. The van der Waals surface area contributed by atoms with Crippen LogP contribution in [0.4, 0.5) is 5.69 Å². The highest BCUT2D eigenvalue weighted by atomic mass is 16.6. The van der Waals surface area contributed by atoms with Gasteiger partial charge >= 0.3 is 5.69 Å². The lowest BCUT2D eigenvalue weighted by molar-refractivity contribution is -0.386. The number of likely N-dealkylation sites (N-methyl/N-ethyl adjacent to an activating group) is 1. The van der Waals surface area contributed by atoms with E-state index >= 15 is 0 Å². The number of ether oxygens (including phenoxy) is 2. The van der Waals surface area contributed by atoms with Crippen molar-refractivity contribution in [3.63, 3.8) is 0 Å². The fourth-order valence-corrected chi connectivity index (χ4v) is 1.92. The minimum Gasteiger partial charge on any atom is -0.470 e. The van der Waals surface area contributed by atoms with Crippen molar-refractivity contribution in [2.45, 2.75) is 13.0 Å². The molecule has 104 valence electrons. The summed E-state index contributed by atoms with van der Waals surface area (Å²) >= 11 is 0. The van der Waals surface area contributed by atoms with E-state index in [1.165, 1.54) is 6.07 Å². The van der Waals surface area contributed by atoms with E-state index in [-0.39, 0.29) is 24.3 Å². The van der Waals surface area contributed by atoms with Gasteiger partial charge in [0.1, 0.15) is 12.7 Å². The normalized spacial score (nSPS) is 20.2. The molecule has 19 heavy (non-hydrogen) atoms. The predicted octanol–water partition coefficient (Wildman–Crippen LogP) is 1.01. The SMILES string of the molecule is Cc1cnc(OCC2CN(C)CCO2)c([N+](=O)[O-])c1. The summed E-state index contributed by atoms with van der Waals surface area (Å²) in [5.41, 5.74) is 0.622. The van der Waals surface area contributed by atoms with Crippen LogP contribution in [-0.2, 0) is 4.74 Å². The molecule has 1 aromatic heterocycles. The van der Waals surface area contributed by atoms with E-state index in [2.05, 4.69) is 9.88 Å². The monoisotopic (exact) mass is 267 g/mol. The van der Waals surface area contributed by atoms with Gasteiger partial charge in [0.15, 0.2) is 0 Å². The van der Waals surface area contributed by atoms with Crippen LogP contribution in [-0.4, -0.2) is 54.3 Å². The van der Waals surface area contributed by atoms with Crippen LogP contribution in [0.5, 0.6) is 5.88 Å². The van der Waals surface area contributed by atoms with Gasteiger partial charge < -0.3 is 14.4 Å². The second-order valence-corrected chi connectivity index (χ2v) is 4.66. The third-order valence-corrected chi connectivity index (χ3v) is 2.91. The molecule has 0 aliphatic carbocycles. The summed E-state index contributed by atoms with van der Waals surface area (Å²) in [6.07, 6.45) is 1.47. The largest absolute Gasteiger partial charge is 0.470 e. The number of morpholine rings is 1. The zero-order valence-corrected chi connectivity index (χ0v) is 11.0. The maximum atomic E-state index is 10.9. The minimum absolute atomic E-state index is 0.0485. The molecule has 1 unspecified atom stereocenters. The van der Waals surface area contributed by atoms with Gasteiger partial charge in [-0.3, -0.25) is 10.1 Å². The molecule has 1 aliphatic rings. The van der Waals surface area contributed by atoms with E-state index in [4.69, 9.17) is 9.47 Å². The lowest BCUT2D eigenvalue weighted by atomic mass is 10.3. The number of rotatable bonds is 4. The van der Waals surface area contributed by atoms with Crippen LogP contribution in [0.15, 0.2) is 12.3 Å². The molecule has 1 atom stereocenters. The zero-order chi connectivity index (χ0) is 13.8. The quantitative estimate of drug-likeness (QED) is 0.598. The molecule has 0 N–H and O–H groups in total. The molecule has 2 rings (SSSR count). The highest BCUT2D eigenvalue weighted by Crippen LogP contribution is 2.25. The molecule has 7 nitrogen and oxygen atoms in total. The molecule has 0 amide bonds. The number of hydrogen-bond acceptors (Lipinski definition) is 6. The van der Waals surface area contributed by atoms with Crippen LogP contribution in [0.25, 0.3) is 0 Å². The highest BCUT2D eigenvalue weighted by Gasteiger charge is 2.22. The van der Waals surface area contributed by atoms with Crippen LogP contribution in [0, 0.1) is 17.0 Å². The van der Waals surface area contributed by atoms with Crippen LogP contribution in [0.1, 0.15) is 5.56 Å². The van der Waals surface area contributed by atoms with Crippen LogP contribution in [0.3, 0.4) is 0 Å². The lowest BCUT2D eigenvalue weighted by Gasteiger charge is -2.29. The minimum atomic E-state index is -0.483. The Labute approximate surface area is 111 Å². The lowest BCUT2D eigenvalue weighted by Crippen LogP contribution is -2.42. The molecule has 0 aromatic carbocycles. The third kappa shape index (κ3) is 3.62. The Morgan fingerprint density at radius 1 is 1.68 bits per heavy atom. The average Bonchev–Trinajstić information content (AvgIpc) is 2.37. The fraction of sp³-hybridized carbons (Fsp3) is 0.583. The first-order valence-corrected chi connectivity index (χ1v) is 6.10. The van der Waals surface area contributed by atoms with Crippen LogP contribution in [0.2, 0.25) is 0 Å². The molecule has 0 saturated carbocycles. The summed E-state index contributed by atoms with van der Waals surface area (Å²) in [6, 6.07) is 1.45. The van der Waals surface area contributed by atoms with Gasteiger partial charge in [0.2, 0.25) is 0 Å². The number of aromatic nitrogens is 1. The molecular weight excluding hydrogens is 250 g/mol. The Morgan fingerprint density at radius 2 is 2.47 bits per heavy atom. The summed E-state index contributed by atoms with van der Waals surface area (Å²) in [5.74, 6) is 0.0485. The van der Waals surface area contributed by atoms with Gasteiger partial charge in [-0.05, 0) is 19.5 Å². The number of aryl methyl sites for hydroxylation is 1. The summed E-state index contributed by atoms with van der Waals surface area (Å²) < 4.78 is 11.0. The Hall–Kier alpha value is -1.73. The molecular formula is C12H17N3O4. The van der Waals surface area contributed by atoms with Crippen molar-refractivity contribution in [3.05, 3.63) is 27.9 Å². The van der Waals surface area contributed by atoms with Gasteiger partial charge in [-0.25, -0.2) is 4.98 Å². The van der Waals surface area contributed by atoms with Crippen molar-refractivity contribution in [1.82, 2.24) is 9.88 Å². The molecule has 1 fully saturated rings. The summed E-state index contributed by atoms with van der Waals surface area (Å²) in [4.78, 5) is 16.5. The van der Waals surface area contributed by atoms with Gasteiger partial charge in [-0.15, -0.1) is 0 Å². The van der Waals surface area contributed by atoms with Gasteiger partial charge in [0.25, 0.3) is 5.88 Å². The van der Waals surface area contributed by atoms with E-state index < -0.39 is 4.92 Å². The van der Waals surface area contributed by atoms with Crippen LogP contribution < -0.4 is 4.74 Å². The summed E-state index contributed by atoms with van der Waals surface area (Å²) in [6.45, 7) is 4.30. The first-order valence-electron chi connectivity index (χ1n) is 6.10. The smallest absolute Gasteiger partial charge is 0.331 e. The van der Waals surface area contributed by atoms with Gasteiger partial charge in [-0.2, -0.15) is 0 Å². The molecule has 1 saturated heterocycles. The van der Waals surface area contributed by atoms with E-state index in [1.807, 2.05) is 7.05 Å². The molecule has 1 aromatic rings. The molecule has 0 spiro atoms. The average molecular weight is 267 g/mol. The summed E-state index contributed by atoms with van der Waals surface area (Å²) in [7, 11) is 2.00. The highest BCUT2D eigenvalue weighted by molar-refractivity contribution is 5.42. The van der Waals surface area contributed by atoms with E-state index in [0.29, 0.717) is 6.61 Å². The zero-order valence-electron chi connectivity index (χ0n) is 11.0. The second kappa shape index (κ2) is 5.94. The fourth-order valence-electron chi connectivity index (χ4n) is 1.92.